The normalized spacial score (nSPS) is 23.1. The van der Waals surface area contributed by atoms with E-state index in [1.165, 1.54) is 0 Å². The van der Waals surface area contributed by atoms with Crippen LogP contribution in [0, 0.1) is 0 Å². The molecule has 0 aromatic heterocycles. The lowest BCUT2D eigenvalue weighted by atomic mass is 10.2. The van der Waals surface area contributed by atoms with Crippen molar-refractivity contribution in [1.29, 1.82) is 0 Å². The third-order valence-electron chi connectivity index (χ3n) is 4.25. The third kappa shape index (κ3) is 3.32. The first-order valence-corrected chi connectivity index (χ1v) is 9.24. The lowest BCUT2D eigenvalue weighted by Gasteiger charge is -2.37. The van der Waals surface area contributed by atoms with Crippen LogP contribution in [0.5, 0.6) is 0 Å². The van der Waals surface area contributed by atoms with Gasteiger partial charge in [-0.3, -0.25) is 9.69 Å². The largest absolute Gasteiger partial charge is 0.368 e. The van der Waals surface area contributed by atoms with E-state index in [1.807, 2.05) is 41.9 Å². The van der Waals surface area contributed by atoms with Gasteiger partial charge in [-0.2, -0.15) is 0 Å². The molecular weight excluding hydrogens is 341 g/mol. The number of benzene rings is 1. The van der Waals surface area contributed by atoms with Gasteiger partial charge in [-0.15, -0.1) is 11.8 Å². The quantitative estimate of drug-likeness (QED) is 0.810. The molecule has 0 spiro atoms. The Hall–Kier alpha value is -0.620. The zero-order chi connectivity index (χ0) is 15.7. The van der Waals surface area contributed by atoms with Crippen LogP contribution in [-0.4, -0.2) is 66.6 Å². The van der Waals surface area contributed by atoms with Crippen LogP contribution < -0.4 is 4.90 Å². The predicted octanol–water partition coefficient (Wildman–Crippen LogP) is 2.65. The van der Waals surface area contributed by atoms with Gasteiger partial charge in [0, 0.05) is 43.5 Å². The van der Waals surface area contributed by atoms with Crippen LogP contribution in [0.2, 0.25) is 10.0 Å². The van der Waals surface area contributed by atoms with Crippen LogP contribution in [0.25, 0.3) is 0 Å². The van der Waals surface area contributed by atoms with E-state index in [1.54, 1.807) is 0 Å². The lowest BCUT2D eigenvalue weighted by molar-refractivity contribution is -0.135. The number of anilines is 1. The van der Waals surface area contributed by atoms with Crippen molar-refractivity contribution in [2.45, 2.75) is 6.04 Å². The Bertz CT molecular complexity index is 564. The van der Waals surface area contributed by atoms with Crippen molar-refractivity contribution in [2.24, 2.45) is 0 Å². The van der Waals surface area contributed by atoms with Crippen LogP contribution >= 0.6 is 35.0 Å². The van der Waals surface area contributed by atoms with Crippen molar-refractivity contribution in [2.75, 3.05) is 49.8 Å². The van der Waals surface area contributed by atoms with E-state index < -0.39 is 0 Å². The van der Waals surface area contributed by atoms with Crippen molar-refractivity contribution in [3.8, 4) is 0 Å². The number of carbonyl (C=O) groups is 1. The number of thioether (sulfide) groups is 1. The number of carbonyl (C=O) groups excluding carboxylic acids is 1. The van der Waals surface area contributed by atoms with Crippen LogP contribution in [0.1, 0.15) is 0 Å². The van der Waals surface area contributed by atoms with Gasteiger partial charge in [0.25, 0.3) is 0 Å². The maximum atomic E-state index is 12.6. The van der Waals surface area contributed by atoms with Gasteiger partial charge >= 0.3 is 0 Å². The smallest absolute Gasteiger partial charge is 0.240 e. The Morgan fingerprint density at radius 1 is 1.18 bits per heavy atom. The molecule has 0 unspecified atom stereocenters. The van der Waals surface area contributed by atoms with Gasteiger partial charge in [0.05, 0.1) is 16.1 Å². The number of piperazine rings is 1. The molecule has 0 N–H and O–H groups in total. The van der Waals surface area contributed by atoms with Gasteiger partial charge in [-0.1, -0.05) is 23.2 Å². The molecule has 1 aromatic rings. The molecule has 2 heterocycles. The molecule has 120 valence electrons. The average Bonchev–Trinajstić information content (AvgIpc) is 2.95. The number of hydrogen-bond acceptors (Lipinski definition) is 4. The first kappa shape index (κ1) is 16.2. The Kier molecular flexibility index (Phi) is 5.07. The first-order chi connectivity index (χ1) is 10.6. The molecule has 2 fully saturated rings. The molecule has 2 saturated heterocycles. The minimum Gasteiger partial charge on any atom is -0.368 e. The highest BCUT2D eigenvalue weighted by Gasteiger charge is 2.33. The molecule has 2 aliphatic rings. The monoisotopic (exact) mass is 359 g/mol. The minimum absolute atomic E-state index is 0.0431. The molecule has 0 radical (unpaired) electrons. The van der Waals surface area contributed by atoms with Crippen LogP contribution in [-0.2, 0) is 4.79 Å². The summed E-state index contributed by atoms with van der Waals surface area (Å²) in [6.07, 6.45) is 0. The number of hydrogen-bond donors (Lipinski definition) is 0. The van der Waals surface area contributed by atoms with E-state index in [2.05, 4.69) is 9.80 Å². The molecule has 4 nitrogen and oxygen atoms in total. The topological polar surface area (TPSA) is 26.8 Å². The molecule has 0 saturated carbocycles. The maximum Gasteiger partial charge on any atom is 0.240 e. The molecule has 22 heavy (non-hydrogen) atoms. The number of amides is 1. The fourth-order valence-electron chi connectivity index (χ4n) is 2.86. The van der Waals surface area contributed by atoms with E-state index in [9.17, 15) is 4.79 Å². The van der Waals surface area contributed by atoms with Crippen LogP contribution in [0.15, 0.2) is 18.2 Å². The highest BCUT2D eigenvalue weighted by atomic mass is 35.5. The SMILES string of the molecule is CN1CSC[C@H]1C(=O)N1CCN(c2ccc(Cl)c(Cl)c2)CC1. The standard InChI is InChI=1S/C15H19Cl2N3OS/c1-18-10-22-9-14(18)15(21)20-6-4-19(5-7-20)11-2-3-12(16)13(17)8-11/h2-3,8,14H,4-7,9-10H2,1H3/t14-/m0/s1. The molecule has 3 rings (SSSR count). The summed E-state index contributed by atoms with van der Waals surface area (Å²) in [7, 11) is 2.02. The fraction of sp³-hybridized carbons (Fsp3) is 0.533. The Balaban J connectivity index is 1.60. The van der Waals surface area contributed by atoms with E-state index in [0.29, 0.717) is 10.0 Å². The number of likely N-dealkylation sites (N-methyl/N-ethyl adjacent to an activating group) is 1. The van der Waals surface area contributed by atoms with Gasteiger partial charge in [-0.25, -0.2) is 0 Å². The minimum atomic E-state index is 0.0431. The predicted molar refractivity (Wildman–Crippen MR) is 94.1 cm³/mol. The summed E-state index contributed by atoms with van der Waals surface area (Å²) in [5.74, 6) is 2.11. The zero-order valence-corrected chi connectivity index (χ0v) is 14.8. The van der Waals surface area contributed by atoms with E-state index in [4.69, 9.17) is 23.2 Å². The molecule has 1 amide bonds. The molecule has 0 aliphatic carbocycles. The Morgan fingerprint density at radius 3 is 2.50 bits per heavy atom. The number of halogens is 2. The zero-order valence-electron chi connectivity index (χ0n) is 12.5. The van der Waals surface area contributed by atoms with Gasteiger partial charge in [-0.05, 0) is 25.2 Å². The molecule has 0 bridgehead atoms. The number of rotatable bonds is 2. The summed E-state index contributed by atoms with van der Waals surface area (Å²) >= 11 is 13.9. The number of nitrogens with zero attached hydrogens (tertiary/aromatic N) is 3. The summed E-state index contributed by atoms with van der Waals surface area (Å²) in [5.41, 5.74) is 1.06. The van der Waals surface area contributed by atoms with Gasteiger partial charge in [0.1, 0.15) is 0 Å². The highest BCUT2D eigenvalue weighted by Crippen LogP contribution is 2.28. The first-order valence-electron chi connectivity index (χ1n) is 7.33. The van der Waals surface area contributed by atoms with Crippen molar-refractivity contribution in [3.63, 3.8) is 0 Å². The second-order valence-corrected chi connectivity index (χ2v) is 7.50. The lowest BCUT2D eigenvalue weighted by Crippen LogP contribution is -2.53. The van der Waals surface area contributed by atoms with Crippen molar-refractivity contribution in [3.05, 3.63) is 28.2 Å². The van der Waals surface area contributed by atoms with Gasteiger partial charge < -0.3 is 9.80 Å². The molecule has 1 aromatic carbocycles. The van der Waals surface area contributed by atoms with Crippen LogP contribution in [0.4, 0.5) is 5.69 Å². The summed E-state index contributed by atoms with van der Waals surface area (Å²) in [6, 6.07) is 5.73. The molecule has 2 aliphatic heterocycles. The second kappa shape index (κ2) is 6.87. The molecular formula is C15H19Cl2N3OS. The summed E-state index contributed by atoms with van der Waals surface area (Å²) in [4.78, 5) is 18.9. The Morgan fingerprint density at radius 2 is 1.91 bits per heavy atom. The average molecular weight is 360 g/mol. The van der Waals surface area contributed by atoms with Crippen molar-refractivity contribution >= 4 is 46.6 Å². The van der Waals surface area contributed by atoms with Crippen LogP contribution in [0.3, 0.4) is 0 Å². The highest BCUT2D eigenvalue weighted by molar-refractivity contribution is 7.99. The molecule has 1 atom stereocenters. The van der Waals surface area contributed by atoms with Gasteiger partial charge in [0.15, 0.2) is 0 Å². The second-order valence-electron chi connectivity index (χ2n) is 5.68. The molecule has 7 heteroatoms. The van der Waals surface area contributed by atoms with E-state index >= 15 is 0 Å². The van der Waals surface area contributed by atoms with E-state index in [-0.39, 0.29) is 11.9 Å². The van der Waals surface area contributed by atoms with Crippen molar-refractivity contribution < 1.29 is 4.79 Å². The van der Waals surface area contributed by atoms with Gasteiger partial charge in [0.2, 0.25) is 5.91 Å². The summed E-state index contributed by atoms with van der Waals surface area (Å²) in [6.45, 7) is 3.17. The summed E-state index contributed by atoms with van der Waals surface area (Å²) in [5, 5.41) is 1.14. The maximum absolute atomic E-state index is 12.6. The van der Waals surface area contributed by atoms with E-state index in [0.717, 1.165) is 43.5 Å². The summed E-state index contributed by atoms with van der Waals surface area (Å²) < 4.78 is 0. The fourth-order valence-corrected chi connectivity index (χ4v) is 4.35. The third-order valence-corrected chi connectivity index (χ3v) is 6.13. The Labute approximate surface area is 145 Å². The van der Waals surface area contributed by atoms with Crippen molar-refractivity contribution in [1.82, 2.24) is 9.80 Å².